The van der Waals surface area contributed by atoms with Gasteiger partial charge in [0, 0.05) is 0 Å². The van der Waals surface area contributed by atoms with Crippen LogP contribution in [0.15, 0.2) is 0 Å². The minimum atomic E-state index is -3.81. The van der Waals surface area contributed by atoms with Crippen molar-refractivity contribution in [2.75, 3.05) is 18.5 Å². The highest BCUT2D eigenvalue weighted by Gasteiger charge is 2.07. The number of hydrogen-bond donors (Lipinski definition) is 3. The molecule has 0 saturated carbocycles. The molecule has 0 spiro atoms. The van der Waals surface area contributed by atoms with Gasteiger partial charge in [-0.25, -0.2) is 0 Å². The average Bonchev–Trinajstić information content (AvgIpc) is 2.68. The third kappa shape index (κ3) is 36.3. The van der Waals surface area contributed by atoms with E-state index in [9.17, 15) is 0 Å². The topological polar surface area (TPSA) is 60.7 Å². The van der Waals surface area contributed by atoms with Gasteiger partial charge < -0.3 is 14.7 Å². The molecule has 0 aliphatic heterocycles. The summed E-state index contributed by atoms with van der Waals surface area (Å²) in [6.45, 7) is 3.15. The van der Waals surface area contributed by atoms with E-state index in [0.717, 1.165) is 0 Å². The third-order valence-electron chi connectivity index (χ3n) is 5.48. The zero-order valence-electron chi connectivity index (χ0n) is 20.5. The standard InChI is InChI=1S/C24H51P.H3O3PS/c1-4-7-10-13-16-19-22-25(23-20-17-14-11-8-5-2)24-21-18-15-12-9-6-3;1-4(2,3)5/h4-24H2,1-3H3;(H3,1,2,3,5). The van der Waals surface area contributed by atoms with Crippen molar-refractivity contribution >= 4 is 26.4 Å². The second kappa shape index (κ2) is 26.2. The van der Waals surface area contributed by atoms with E-state index >= 15 is 0 Å². The molecule has 0 aliphatic carbocycles. The molecule has 0 radical (unpaired) electrons. The van der Waals surface area contributed by atoms with Crippen molar-refractivity contribution in [3.05, 3.63) is 0 Å². The van der Waals surface area contributed by atoms with Crippen LogP contribution >= 0.6 is 14.6 Å². The minimum absolute atomic E-state index is 0.366. The molecule has 0 heterocycles. The van der Waals surface area contributed by atoms with Gasteiger partial charge in [-0.05, 0) is 49.6 Å². The Balaban J connectivity index is 0. The van der Waals surface area contributed by atoms with Crippen LogP contribution in [0.3, 0.4) is 0 Å². The number of rotatable bonds is 21. The molecule has 0 aromatic heterocycles. The first-order chi connectivity index (χ1) is 14.3. The van der Waals surface area contributed by atoms with Crippen LogP contribution in [0.5, 0.6) is 0 Å². The predicted molar refractivity (Wildman–Crippen MR) is 143 cm³/mol. The van der Waals surface area contributed by atoms with E-state index in [1.54, 1.807) is 18.5 Å². The van der Waals surface area contributed by atoms with Crippen LogP contribution in [0.2, 0.25) is 0 Å². The Morgan fingerprint density at radius 3 is 0.900 bits per heavy atom. The molecule has 6 heteroatoms. The summed E-state index contributed by atoms with van der Waals surface area (Å²) < 4.78 is 0. The molecular weight excluding hydrogens is 430 g/mol. The molecule has 0 saturated heterocycles. The van der Waals surface area contributed by atoms with Crippen LogP contribution in [-0.4, -0.2) is 33.2 Å². The van der Waals surface area contributed by atoms with Crippen molar-refractivity contribution in [3.63, 3.8) is 0 Å². The van der Waals surface area contributed by atoms with Gasteiger partial charge in [0.05, 0.1) is 0 Å². The van der Waals surface area contributed by atoms with E-state index in [1.165, 1.54) is 116 Å². The summed E-state index contributed by atoms with van der Waals surface area (Å²) in [7, 11) is 0.366. The maximum atomic E-state index is 7.56. The summed E-state index contributed by atoms with van der Waals surface area (Å²) in [5, 5.41) is 0. The summed E-state index contributed by atoms with van der Waals surface area (Å²) in [6.07, 6.45) is 31.2. The smallest absolute Gasteiger partial charge is 0.319 e. The maximum absolute atomic E-state index is 7.56. The highest BCUT2D eigenvalue weighted by Crippen LogP contribution is 2.39. The molecule has 0 aromatic rings. The molecule has 0 amide bonds. The van der Waals surface area contributed by atoms with Gasteiger partial charge in [-0.2, -0.15) is 0 Å². The second-order valence-corrected chi connectivity index (χ2v) is 13.8. The molecular formula is C24H54O3P2S. The van der Waals surface area contributed by atoms with E-state index in [-0.39, 0.29) is 0 Å². The lowest BCUT2D eigenvalue weighted by Crippen LogP contribution is -1.97. The fraction of sp³-hybridized carbons (Fsp3) is 1.00. The first-order valence-electron chi connectivity index (χ1n) is 12.9. The SMILES string of the molecule is CCCCCCCCP(CCCCCCCC)CCCCCCCC.OP(O)(O)=S. The Morgan fingerprint density at radius 2 is 0.667 bits per heavy atom. The molecule has 0 unspecified atom stereocenters. The second-order valence-electron chi connectivity index (χ2n) is 8.66. The van der Waals surface area contributed by atoms with Crippen molar-refractivity contribution in [3.8, 4) is 0 Å². The van der Waals surface area contributed by atoms with Gasteiger partial charge in [-0.3, -0.25) is 0 Å². The molecule has 184 valence electrons. The van der Waals surface area contributed by atoms with Gasteiger partial charge in [-0.15, -0.1) is 7.92 Å². The Morgan fingerprint density at radius 1 is 0.467 bits per heavy atom. The maximum Gasteiger partial charge on any atom is 0.319 e. The number of unbranched alkanes of at least 4 members (excludes halogenated alkanes) is 15. The van der Waals surface area contributed by atoms with Gasteiger partial charge >= 0.3 is 6.72 Å². The molecule has 0 atom stereocenters. The van der Waals surface area contributed by atoms with Crippen LogP contribution in [0.1, 0.15) is 136 Å². The minimum Gasteiger partial charge on any atom is -0.325 e. The van der Waals surface area contributed by atoms with Crippen LogP contribution in [0, 0.1) is 0 Å². The van der Waals surface area contributed by atoms with Crippen molar-refractivity contribution in [2.24, 2.45) is 0 Å². The molecule has 30 heavy (non-hydrogen) atoms. The van der Waals surface area contributed by atoms with Gasteiger partial charge in [0.15, 0.2) is 0 Å². The van der Waals surface area contributed by atoms with Crippen molar-refractivity contribution in [2.45, 2.75) is 136 Å². The Bertz CT molecular complexity index is 318. The van der Waals surface area contributed by atoms with Crippen LogP contribution in [0.25, 0.3) is 0 Å². The van der Waals surface area contributed by atoms with Crippen molar-refractivity contribution in [1.82, 2.24) is 0 Å². The van der Waals surface area contributed by atoms with Crippen LogP contribution in [-0.2, 0) is 11.8 Å². The van der Waals surface area contributed by atoms with Crippen molar-refractivity contribution in [1.29, 1.82) is 0 Å². The monoisotopic (exact) mass is 484 g/mol. The van der Waals surface area contributed by atoms with Crippen LogP contribution < -0.4 is 0 Å². The van der Waals surface area contributed by atoms with Gasteiger partial charge in [0.2, 0.25) is 0 Å². The summed E-state index contributed by atoms with van der Waals surface area (Å²) in [6, 6.07) is 0. The quantitative estimate of drug-likeness (QED) is 0.113. The highest BCUT2D eigenvalue weighted by molar-refractivity contribution is 8.06. The first-order valence-corrected chi connectivity index (χ1v) is 17.4. The molecule has 0 bridgehead atoms. The highest BCUT2D eigenvalue weighted by atomic mass is 32.5. The lowest BCUT2D eigenvalue weighted by atomic mass is 10.1. The lowest BCUT2D eigenvalue weighted by Gasteiger charge is -2.18. The first kappa shape index (κ1) is 33.1. The molecule has 0 rings (SSSR count). The zero-order chi connectivity index (χ0) is 22.9. The zero-order valence-corrected chi connectivity index (χ0v) is 23.1. The molecule has 3 N–H and O–H groups in total. The third-order valence-corrected chi connectivity index (χ3v) is 8.33. The summed E-state index contributed by atoms with van der Waals surface area (Å²) in [4.78, 5) is 22.7. The molecule has 3 nitrogen and oxygen atoms in total. The Kier molecular flexibility index (Phi) is 29.0. The van der Waals surface area contributed by atoms with Crippen molar-refractivity contribution < 1.29 is 14.7 Å². The average molecular weight is 485 g/mol. The number of hydrogen-bond acceptors (Lipinski definition) is 1. The fourth-order valence-electron chi connectivity index (χ4n) is 3.68. The summed E-state index contributed by atoms with van der Waals surface area (Å²) in [5.41, 5.74) is 0. The Hall–Kier alpha value is 0.960. The summed E-state index contributed by atoms with van der Waals surface area (Å²) in [5.74, 6) is 0. The van der Waals surface area contributed by atoms with E-state index in [0.29, 0.717) is 7.92 Å². The molecule has 0 aromatic carbocycles. The Labute approximate surface area is 195 Å². The van der Waals surface area contributed by atoms with E-state index in [2.05, 4.69) is 32.6 Å². The lowest BCUT2D eigenvalue weighted by molar-refractivity contribution is 0.363. The van der Waals surface area contributed by atoms with Crippen LogP contribution in [0.4, 0.5) is 0 Å². The molecule has 0 aliphatic rings. The van der Waals surface area contributed by atoms with Gasteiger partial charge in [0.25, 0.3) is 0 Å². The van der Waals surface area contributed by atoms with E-state index in [1.807, 2.05) is 0 Å². The van der Waals surface area contributed by atoms with Gasteiger partial charge in [-0.1, -0.05) is 117 Å². The van der Waals surface area contributed by atoms with E-state index in [4.69, 9.17) is 14.7 Å². The normalized spacial score (nSPS) is 11.6. The largest absolute Gasteiger partial charge is 0.325 e. The fourth-order valence-corrected chi connectivity index (χ4v) is 6.37. The van der Waals surface area contributed by atoms with E-state index < -0.39 is 6.72 Å². The predicted octanol–water partition coefficient (Wildman–Crippen LogP) is 8.74. The summed E-state index contributed by atoms with van der Waals surface area (Å²) >= 11 is 3.60. The van der Waals surface area contributed by atoms with Gasteiger partial charge in [0.1, 0.15) is 0 Å². The molecule has 0 fully saturated rings.